The van der Waals surface area contributed by atoms with Crippen molar-refractivity contribution in [2.75, 3.05) is 0 Å². The summed E-state index contributed by atoms with van der Waals surface area (Å²) in [4.78, 5) is 0. The van der Waals surface area contributed by atoms with Crippen molar-refractivity contribution >= 4 is 0 Å². The molecule has 0 nitrogen and oxygen atoms in total. The molecule has 0 amide bonds. The van der Waals surface area contributed by atoms with Crippen LogP contribution >= 0.6 is 0 Å². The third kappa shape index (κ3) is 3.68. The van der Waals surface area contributed by atoms with Gasteiger partial charge in [-0.2, -0.15) is 22.8 Å². The van der Waals surface area contributed by atoms with E-state index in [9.17, 15) is 0 Å². The molecule has 0 atom stereocenters. The van der Waals surface area contributed by atoms with Gasteiger partial charge in [0.05, 0.1) is 0 Å². The minimum absolute atomic E-state index is 0. The maximum absolute atomic E-state index is 2.45. The van der Waals surface area contributed by atoms with Crippen LogP contribution in [0.4, 0.5) is 0 Å². The molecule has 1 radical (unpaired) electrons. The van der Waals surface area contributed by atoms with Gasteiger partial charge in [0.25, 0.3) is 0 Å². The van der Waals surface area contributed by atoms with Crippen LogP contribution in [-0.4, -0.2) is 0 Å². The molecule has 0 heterocycles. The van der Waals surface area contributed by atoms with Gasteiger partial charge < -0.3 is 0 Å². The Bertz CT molecular complexity index is 331. The van der Waals surface area contributed by atoms with E-state index >= 15 is 0 Å². The molecule has 0 aromatic heterocycles. The van der Waals surface area contributed by atoms with Crippen LogP contribution in [0.15, 0.2) is 12.1 Å². The second kappa shape index (κ2) is 8.12. The summed E-state index contributed by atoms with van der Waals surface area (Å²) in [7, 11) is 0. The number of hydrogen-bond donors (Lipinski definition) is 0. The van der Waals surface area contributed by atoms with Crippen LogP contribution in [0.3, 0.4) is 0 Å². The summed E-state index contributed by atoms with van der Waals surface area (Å²) in [6.45, 7) is 4.61. The van der Waals surface area contributed by atoms with E-state index in [4.69, 9.17) is 0 Å². The monoisotopic (exact) mass is 286 g/mol. The molecule has 1 saturated carbocycles. The molecule has 0 bridgehead atoms. The first-order chi connectivity index (χ1) is 8.36. The molecule has 1 fully saturated rings. The van der Waals surface area contributed by atoms with Crippen LogP contribution in [-0.2, 0) is 29.9 Å². The van der Waals surface area contributed by atoms with E-state index in [2.05, 4.69) is 26.0 Å². The minimum atomic E-state index is 0. The van der Waals surface area contributed by atoms with Gasteiger partial charge in [-0.15, -0.1) is 0 Å². The third-order valence-electron chi connectivity index (χ3n) is 4.26. The van der Waals surface area contributed by atoms with Gasteiger partial charge in [0, 0.05) is 17.1 Å². The maximum atomic E-state index is 2.45. The zero-order valence-electron chi connectivity index (χ0n) is 12.0. The molecule has 0 unspecified atom stereocenters. The summed E-state index contributed by atoms with van der Waals surface area (Å²) in [6, 6.07) is 4.87. The number of rotatable bonds is 5. The molecule has 1 heteroatoms. The molecule has 2 rings (SSSR count). The van der Waals surface area contributed by atoms with Crippen molar-refractivity contribution in [2.45, 2.75) is 77.6 Å². The molecular formula is C17H27Mn-. The van der Waals surface area contributed by atoms with Crippen molar-refractivity contribution in [3.05, 3.63) is 28.8 Å². The quantitative estimate of drug-likeness (QED) is 0.505. The first-order valence-electron chi connectivity index (χ1n) is 7.64. The van der Waals surface area contributed by atoms with Gasteiger partial charge in [0.2, 0.25) is 0 Å². The Balaban J connectivity index is 0.00000162. The van der Waals surface area contributed by atoms with E-state index in [-0.39, 0.29) is 17.1 Å². The van der Waals surface area contributed by atoms with Crippen LogP contribution in [0.2, 0.25) is 0 Å². The van der Waals surface area contributed by atoms with Crippen LogP contribution in [0.5, 0.6) is 0 Å². The molecule has 103 valence electrons. The first kappa shape index (κ1) is 15.9. The zero-order valence-corrected chi connectivity index (χ0v) is 13.2. The molecule has 1 aliphatic rings. The normalized spacial score (nSPS) is 16.6. The number of hydrogen-bond acceptors (Lipinski definition) is 0. The summed E-state index contributed by atoms with van der Waals surface area (Å²) in [5.74, 6) is 0.885. The van der Waals surface area contributed by atoms with Crippen LogP contribution in [0.1, 0.15) is 81.4 Å². The van der Waals surface area contributed by atoms with E-state index < -0.39 is 0 Å². The van der Waals surface area contributed by atoms with Crippen LogP contribution in [0, 0.1) is 0 Å². The summed E-state index contributed by atoms with van der Waals surface area (Å²) < 4.78 is 0. The molecule has 1 aliphatic carbocycles. The predicted molar refractivity (Wildman–Crippen MR) is 75.9 cm³/mol. The maximum Gasteiger partial charge on any atom is 0 e. The fraction of sp³-hybridized carbons (Fsp3) is 0.706. The van der Waals surface area contributed by atoms with Crippen molar-refractivity contribution < 1.29 is 17.1 Å². The van der Waals surface area contributed by atoms with Crippen molar-refractivity contribution in [1.82, 2.24) is 0 Å². The summed E-state index contributed by atoms with van der Waals surface area (Å²) in [5, 5.41) is 0. The van der Waals surface area contributed by atoms with Gasteiger partial charge in [-0.3, -0.25) is 0 Å². The van der Waals surface area contributed by atoms with Crippen molar-refractivity contribution in [1.29, 1.82) is 0 Å². The summed E-state index contributed by atoms with van der Waals surface area (Å²) in [6.07, 6.45) is 12.4. The van der Waals surface area contributed by atoms with E-state index in [1.807, 2.05) is 0 Å². The van der Waals surface area contributed by atoms with E-state index in [1.54, 1.807) is 16.7 Å². The Morgan fingerprint density at radius 1 is 1.11 bits per heavy atom. The van der Waals surface area contributed by atoms with Gasteiger partial charge in [-0.1, -0.05) is 77.6 Å². The van der Waals surface area contributed by atoms with Gasteiger partial charge in [-0.05, 0) is 0 Å². The Kier molecular flexibility index (Phi) is 7.19. The number of aryl methyl sites for hydroxylation is 1. The van der Waals surface area contributed by atoms with Gasteiger partial charge in [-0.25, -0.2) is 6.07 Å². The van der Waals surface area contributed by atoms with Gasteiger partial charge in [0.15, 0.2) is 0 Å². The second-order valence-electron chi connectivity index (χ2n) is 5.63. The minimum Gasteiger partial charge on any atom is -0.210 e. The summed E-state index contributed by atoms with van der Waals surface area (Å²) in [5.41, 5.74) is 5.09. The van der Waals surface area contributed by atoms with Crippen molar-refractivity contribution in [3.63, 3.8) is 0 Å². The van der Waals surface area contributed by atoms with E-state index in [0.717, 1.165) is 5.92 Å². The molecular weight excluding hydrogens is 259 g/mol. The Labute approximate surface area is 123 Å². The molecule has 0 N–H and O–H groups in total. The van der Waals surface area contributed by atoms with Crippen molar-refractivity contribution in [2.24, 2.45) is 0 Å². The van der Waals surface area contributed by atoms with Gasteiger partial charge >= 0.3 is 0 Å². The SMILES string of the molecule is CCCc1c(C2CCCCC2)cc[c-]1CCC.[Mn]. The molecule has 0 spiro atoms. The molecule has 1 aromatic rings. The second-order valence-corrected chi connectivity index (χ2v) is 5.63. The standard InChI is InChI=1S/C17H27.Mn/c1-3-8-14-12-13-17(16(14)9-4-2)15-10-6-5-7-11-15;/h12-13,15H,3-11H2,1-2H3;/q-1;. The average molecular weight is 286 g/mol. The Morgan fingerprint density at radius 2 is 1.83 bits per heavy atom. The topological polar surface area (TPSA) is 0 Å². The molecule has 0 saturated heterocycles. The Hall–Kier alpha value is -0.131. The fourth-order valence-corrected chi connectivity index (χ4v) is 3.43. The fourth-order valence-electron chi connectivity index (χ4n) is 3.43. The molecule has 18 heavy (non-hydrogen) atoms. The third-order valence-corrected chi connectivity index (χ3v) is 4.26. The van der Waals surface area contributed by atoms with Crippen molar-refractivity contribution in [3.8, 4) is 0 Å². The smallest absolute Gasteiger partial charge is 0 e. The van der Waals surface area contributed by atoms with E-state index in [0.29, 0.717) is 0 Å². The first-order valence-corrected chi connectivity index (χ1v) is 7.64. The Morgan fingerprint density at radius 3 is 2.44 bits per heavy atom. The van der Waals surface area contributed by atoms with Gasteiger partial charge in [0.1, 0.15) is 0 Å². The largest absolute Gasteiger partial charge is 0.210 e. The average Bonchev–Trinajstić information content (AvgIpc) is 2.75. The van der Waals surface area contributed by atoms with Crippen LogP contribution < -0.4 is 0 Å². The van der Waals surface area contributed by atoms with Crippen LogP contribution in [0.25, 0.3) is 0 Å². The molecule has 0 aliphatic heterocycles. The predicted octanol–water partition coefficient (Wildman–Crippen LogP) is 5.36. The zero-order chi connectivity index (χ0) is 12.1. The molecule has 1 aromatic carbocycles. The summed E-state index contributed by atoms with van der Waals surface area (Å²) >= 11 is 0. The van der Waals surface area contributed by atoms with E-state index in [1.165, 1.54) is 57.8 Å².